The largest absolute Gasteiger partial charge is 0.364 e. The molecule has 2 aromatic carbocycles. The molecular formula is C26H24N6O2. The highest BCUT2D eigenvalue weighted by molar-refractivity contribution is 5.94. The van der Waals surface area contributed by atoms with Crippen LogP contribution in [0.4, 0.5) is 11.5 Å². The van der Waals surface area contributed by atoms with Crippen molar-refractivity contribution in [2.24, 2.45) is 0 Å². The molecule has 0 bridgehead atoms. The first-order chi connectivity index (χ1) is 16.5. The number of nitrogens with zero attached hydrogens (tertiary/aromatic N) is 4. The highest BCUT2D eigenvalue weighted by Crippen LogP contribution is 2.31. The van der Waals surface area contributed by atoms with Gasteiger partial charge in [0.05, 0.1) is 11.8 Å². The molecule has 2 heterocycles. The van der Waals surface area contributed by atoms with Crippen LogP contribution in [0.3, 0.4) is 0 Å². The van der Waals surface area contributed by atoms with Crippen molar-refractivity contribution in [2.75, 3.05) is 10.6 Å². The second kappa shape index (κ2) is 10.4. The number of hydrogen-bond donors (Lipinski definition) is 2. The number of aryl methyl sites for hydroxylation is 2. The third kappa shape index (κ3) is 5.27. The van der Waals surface area contributed by atoms with Crippen molar-refractivity contribution in [1.82, 2.24) is 15.1 Å². The monoisotopic (exact) mass is 452 g/mol. The summed E-state index contributed by atoms with van der Waals surface area (Å²) in [6.07, 6.45) is 2.02. The molecule has 8 heteroatoms. The maximum Gasteiger partial charge on any atom is 0.258 e. The van der Waals surface area contributed by atoms with Gasteiger partial charge in [-0.05, 0) is 48.2 Å². The molecule has 4 rings (SSSR count). The number of rotatable bonds is 8. The molecule has 0 saturated carbocycles. The molecule has 34 heavy (non-hydrogen) atoms. The Morgan fingerprint density at radius 1 is 1.06 bits per heavy atom. The Morgan fingerprint density at radius 3 is 2.53 bits per heavy atom. The van der Waals surface area contributed by atoms with E-state index in [1.807, 2.05) is 67.6 Å². The fourth-order valence-corrected chi connectivity index (χ4v) is 3.54. The summed E-state index contributed by atoms with van der Waals surface area (Å²) in [4.78, 5) is 20.9. The minimum atomic E-state index is -0.208. The quantitative estimate of drug-likeness (QED) is 0.374. The van der Waals surface area contributed by atoms with E-state index in [0.29, 0.717) is 29.8 Å². The summed E-state index contributed by atoms with van der Waals surface area (Å²) in [7, 11) is 0. The van der Waals surface area contributed by atoms with Gasteiger partial charge in [0.25, 0.3) is 5.89 Å². The molecule has 0 aliphatic rings. The van der Waals surface area contributed by atoms with Crippen LogP contribution in [0.25, 0.3) is 22.6 Å². The van der Waals surface area contributed by atoms with Crippen LogP contribution < -0.4 is 10.6 Å². The number of aromatic nitrogens is 3. The lowest BCUT2D eigenvalue weighted by molar-refractivity contribution is -0.116. The average molecular weight is 453 g/mol. The zero-order chi connectivity index (χ0) is 23.9. The van der Waals surface area contributed by atoms with Crippen LogP contribution in [0.15, 0.2) is 65.3 Å². The predicted molar refractivity (Wildman–Crippen MR) is 130 cm³/mol. The Morgan fingerprint density at radius 2 is 1.82 bits per heavy atom. The van der Waals surface area contributed by atoms with Gasteiger partial charge in [0.1, 0.15) is 5.82 Å². The van der Waals surface area contributed by atoms with E-state index in [1.165, 1.54) is 0 Å². The molecule has 0 radical (unpaired) electrons. The van der Waals surface area contributed by atoms with Crippen LogP contribution in [0, 0.1) is 25.2 Å². The summed E-state index contributed by atoms with van der Waals surface area (Å²) < 4.78 is 5.37. The molecule has 0 unspecified atom stereocenters. The van der Waals surface area contributed by atoms with E-state index in [1.54, 1.807) is 13.1 Å². The number of carbonyl (C=O) groups is 1. The van der Waals surface area contributed by atoms with Gasteiger partial charge in [-0.2, -0.15) is 10.2 Å². The zero-order valence-electron chi connectivity index (χ0n) is 19.0. The zero-order valence-corrected chi connectivity index (χ0v) is 19.0. The van der Waals surface area contributed by atoms with Gasteiger partial charge in [0.2, 0.25) is 5.91 Å². The van der Waals surface area contributed by atoms with E-state index in [2.05, 4.69) is 25.8 Å². The summed E-state index contributed by atoms with van der Waals surface area (Å²) in [6.45, 7) is 4.23. The Hall–Kier alpha value is -4.51. The van der Waals surface area contributed by atoms with Gasteiger partial charge >= 0.3 is 0 Å². The molecular weight excluding hydrogens is 428 g/mol. The van der Waals surface area contributed by atoms with E-state index >= 15 is 0 Å². The number of anilines is 2. The molecule has 8 nitrogen and oxygen atoms in total. The Labute approximate surface area is 197 Å². The van der Waals surface area contributed by atoms with Gasteiger partial charge in [-0.25, -0.2) is 4.98 Å². The van der Waals surface area contributed by atoms with Gasteiger partial charge in [0.15, 0.2) is 5.82 Å². The number of hydrogen-bond acceptors (Lipinski definition) is 7. The minimum absolute atomic E-state index is 0.149. The van der Waals surface area contributed by atoms with Crippen LogP contribution in [0.1, 0.15) is 29.8 Å². The lowest BCUT2D eigenvalue weighted by atomic mass is 9.98. The van der Waals surface area contributed by atoms with Crippen molar-refractivity contribution in [1.29, 1.82) is 5.26 Å². The van der Waals surface area contributed by atoms with Crippen LogP contribution in [0.5, 0.6) is 0 Å². The van der Waals surface area contributed by atoms with Crippen molar-refractivity contribution in [3.8, 4) is 28.7 Å². The molecule has 0 aliphatic carbocycles. The molecule has 0 spiro atoms. The normalized spacial score (nSPS) is 10.5. The van der Waals surface area contributed by atoms with E-state index in [-0.39, 0.29) is 18.7 Å². The summed E-state index contributed by atoms with van der Waals surface area (Å²) in [5.74, 6) is 1.47. The first kappa shape index (κ1) is 22.7. The third-order valence-electron chi connectivity index (χ3n) is 5.30. The van der Waals surface area contributed by atoms with Crippen molar-refractivity contribution in [2.45, 2.75) is 33.2 Å². The molecule has 2 aromatic heterocycles. The summed E-state index contributed by atoms with van der Waals surface area (Å²) in [5.41, 5.74) is 5.51. The van der Waals surface area contributed by atoms with Crippen LogP contribution in [0.2, 0.25) is 0 Å². The first-order valence-corrected chi connectivity index (χ1v) is 10.9. The van der Waals surface area contributed by atoms with Gasteiger partial charge in [-0.1, -0.05) is 47.6 Å². The summed E-state index contributed by atoms with van der Waals surface area (Å²) in [6, 6.07) is 19.9. The number of benzene rings is 2. The fourth-order valence-electron chi connectivity index (χ4n) is 3.54. The van der Waals surface area contributed by atoms with Crippen LogP contribution in [-0.2, 0) is 11.3 Å². The summed E-state index contributed by atoms with van der Waals surface area (Å²) in [5, 5.41) is 18.8. The molecule has 0 saturated heterocycles. The van der Waals surface area contributed by atoms with E-state index in [9.17, 15) is 4.79 Å². The van der Waals surface area contributed by atoms with Gasteiger partial charge in [-0.3, -0.25) is 4.79 Å². The van der Waals surface area contributed by atoms with E-state index in [4.69, 9.17) is 9.78 Å². The van der Waals surface area contributed by atoms with Crippen molar-refractivity contribution >= 4 is 17.4 Å². The topological polar surface area (TPSA) is 117 Å². The van der Waals surface area contributed by atoms with Crippen molar-refractivity contribution < 1.29 is 9.32 Å². The summed E-state index contributed by atoms with van der Waals surface area (Å²) >= 11 is 0. The molecule has 0 fully saturated rings. The highest BCUT2D eigenvalue weighted by atomic mass is 16.5. The third-order valence-corrected chi connectivity index (χ3v) is 5.30. The molecule has 0 atom stereocenters. The first-order valence-electron chi connectivity index (χ1n) is 10.9. The maximum absolute atomic E-state index is 12.1. The molecule has 0 aliphatic heterocycles. The van der Waals surface area contributed by atoms with Crippen LogP contribution in [-0.4, -0.2) is 21.0 Å². The number of nitrogens with one attached hydrogen (secondary N) is 2. The standard InChI is InChI=1S/C26H24N6O2/c1-17-13-15-28-25(24(17)31-23(33)8-5-14-27)29-16-19-9-11-20(12-10-19)21-6-3-4-7-22(21)26-30-18(2)32-34-26/h3-4,6-7,9-13,15H,5,8,16H2,1-2H3,(H,28,29)(H,31,33). The highest BCUT2D eigenvalue weighted by Gasteiger charge is 2.13. The minimum Gasteiger partial charge on any atom is -0.364 e. The smallest absolute Gasteiger partial charge is 0.258 e. The number of carbonyl (C=O) groups excluding carboxylic acids is 1. The Bertz CT molecular complexity index is 1340. The molecule has 2 N–H and O–H groups in total. The van der Waals surface area contributed by atoms with Crippen molar-refractivity contribution in [3.05, 3.63) is 77.7 Å². The van der Waals surface area contributed by atoms with Crippen molar-refractivity contribution in [3.63, 3.8) is 0 Å². The Balaban J connectivity index is 1.49. The molecule has 4 aromatic rings. The average Bonchev–Trinajstić information content (AvgIpc) is 3.29. The maximum atomic E-state index is 12.1. The lowest BCUT2D eigenvalue weighted by Crippen LogP contribution is -2.15. The Kier molecular flexibility index (Phi) is 6.94. The predicted octanol–water partition coefficient (Wildman–Crippen LogP) is 5.27. The number of amides is 1. The van der Waals surface area contributed by atoms with E-state index < -0.39 is 0 Å². The van der Waals surface area contributed by atoms with Gasteiger partial charge < -0.3 is 15.2 Å². The second-order valence-corrected chi connectivity index (χ2v) is 7.80. The van der Waals surface area contributed by atoms with E-state index in [0.717, 1.165) is 27.8 Å². The van der Waals surface area contributed by atoms with Gasteiger partial charge in [-0.15, -0.1) is 0 Å². The lowest BCUT2D eigenvalue weighted by Gasteiger charge is -2.14. The van der Waals surface area contributed by atoms with Gasteiger partial charge in [0, 0.05) is 31.1 Å². The fraction of sp³-hybridized carbons (Fsp3) is 0.192. The number of nitriles is 1. The SMILES string of the molecule is Cc1noc(-c2ccccc2-c2ccc(CNc3nccc(C)c3NC(=O)CCC#N)cc2)n1. The molecule has 1 amide bonds. The molecule has 170 valence electrons. The second-order valence-electron chi connectivity index (χ2n) is 7.80. The number of pyridine rings is 1. The van der Waals surface area contributed by atoms with Crippen LogP contribution >= 0.6 is 0 Å².